The molecule has 0 spiro atoms. The fourth-order valence-corrected chi connectivity index (χ4v) is 5.70. The third kappa shape index (κ3) is 26.0. The van der Waals surface area contributed by atoms with Crippen molar-refractivity contribution in [1.29, 1.82) is 0 Å². The van der Waals surface area contributed by atoms with Crippen LogP contribution < -0.4 is 5.32 Å². The Bertz CT molecular complexity index is 2210. The lowest BCUT2D eigenvalue weighted by Gasteiger charge is -2.40. The summed E-state index contributed by atoms with van der Waals surface area (Å²) in [7, 11) is 0. The van der Waals surface area contributed by atoms with Crippen LogP contribution in [0.2, 0.25) is 0 Å². The van der Waals surface area contributed by atoms with Gasteiger partial charge in [0.05, 0.1) is 24.9 Å². The summed E-state index contributed by atoms with van der Waals surface area (Å²) in [4.78, 5) is 12.7. The molecule has 0 saturated carbocycles. The van der Waals surface area contributed by atoms with Crippen LogP contribution in [0.4, 0.5) is 0 Å². The summed E-state index contributed by atoms with van der Waals surface area (Å²) in [6.45, 7) is 3.31. The van der Waals surface area contributed by atoms with Gasteiger partial charge in [-0.05, 0) is 121 Å². The first-order valence-corrected chi connectivity index (χ1v) is 20.2. The topological polar surface area (TPSA) is 160 Å². The average Bonchev–Trinajstić information content (AvgIpc) is 3.25. The number of unbranched alkanes of at least 4 members (excludes halogenated alkanes) is 11. The first-order valence-electron chi connectivity index (χ1n) is 20.2. The summed E-state index contributed by atoms with van der Waals surface area (Å²) < 4.78 is 5.59. The fourth-order valence-electron chi connectivity index (χ4n) is 5.70. The van der Waals surface area contributed by atoms with Gasteiger partial charge in [-0.15, -0.1) is 0 Å². The summed E-state index contributed by atoms with van der Waals surface area (Å²) >= 11 is 0. The Kier molecular flexibility index (Phi) is 31.2. The van der Waals surface area contributed by atoms with Gasteiger partial charge in [-0.2, -0.15) is 0 Å². The van der Waals surface area contributed by atoms with E-state index in [4.69, 9.17) is 4.74 Å². The van der Waals surface area contributed by atoms with Crippen molar-refractivity contribution in [3.05, 3.63) is 0 Å². The molecule has 1 amide bonds. The monoisotopic (exact) mass is 856 g/mol. The van der Waals surface area contributed by atoms with Gasteiger partial charge < -0.3 is 40.7 Å². The van der Waals surface area contributed by atoms with Crippen molar-refractivity contribution in [1.82, 2.24) is 5.32 Å². The van der Waals surface area contributed by atoms with Crippen molar-refractivity contribution in [2.45, 2.75) is 159 Å². The highest BCUT2D eigenvalue weighted by Crippen LogP contribution is 2.25. The van der Waals surface area contributed by atoms with Gasteiger partial charge in [0.25, 0.3) is 5.91 Å². The highest BCUT2D eigenvalue weighted by Gasteiger charge is 2.43. The van der Waals surface area contributed by atoms with E-state index < -0.39 is 61.3 Å². The maximum atomic E-state index is 12.7. The van der Waals surface area contributed by atoms with Gasteiger partial charge >= 0.3 is 0 Å². The van der Waals surface area contributed by atoms with Crippen LogP contribution in [0.5, 0.6) is 0 Å². The molecule has 1 heterocycles. The SMILES string of the molecule is CC#CC#CC#CC#CC#CC#CC#CC#CC#CC#CC#CC#CC(=O)N[C@@H](CC[C@H]1OC(CO)[C@H](O)[C@H](O)C1O)[C@H](O)[C@H](O)CCCCCCCCCCCCCC.[HH].[HH].[HH].[HH].[HH].[HH].[HH].[HH].[HH].[HH].[HH].[HH].[HH].[HH].[HH].[HH].[HH].[HH].[HH].[HH].[HH].[HH].[HH].[HH]. The number of hydrogen-bond donors (Lipinski definition) is 7. The van der Waals surface area contributed by atoms with Crippen molar-refractivity contribution in [3.63, 3.8) is 0 Å². The van der Waals surface area contributed by atoms with Gasteiger partial charge in [0, 0.05) is 75.7 Å². The third-order valence-electron chi connectivity index (χ3n) is 8.84. The number of rotatable bonds is 20. The van der Waals surface area contributed by atoms with E-state index in [2.05, 4.69) is 154 Å². The minimum Gasteiger partial charge on any atom is -0.394 e. The highest BCUT2D eigenvalue weighted by molar-refractivity contribution is 5.94. The van der Waals surface area contributed by atoms with E-state index in [1.54, 1.807) is 6.92 Å². The van der Waals surface area contributed by atoms with Gasteiger partial charge in [0.15, 0.2) is 0 Å². The highest BCUT2D eigenvalue weighted by atomic mass is 16.5. The third-order valence-corrected chi connectivity index (χ3v) is 8.84. The number of aliphatic hydroxyl groups excluding tert-OH is 6. The molecule has 358 valence electrons. The first-order chi connectivity index (χ1) is 29.3. The van der Waals surface area contributed by atoms with Crippen LogP contribution in [0.15, 0.2) is 0 Å². The van der Waals surface area contributed by atoms with Crippen LogP contribution in [-0.2, 0) is 9.53 Å². The summed E-state index contributed by atoms with van der Waals surface area (Å²) in [5.41, 5.74) is 0. The van der Waals surface area contributed by atoms with Crippen LogP contribution in [0.1, 0.15) is 144 Å². The van der Waals surface area contributed by atoms with E-state index in [1.165, 1.54) is 51.4 Å². The molecule has 60 heavy (non-hydrogen) atoms. The van der Waals surface area contributed by atoms with Crippen molar-refractivity contribution in [2.24, 2.45) is 0 Å². The Morgan fingerprint density at radius 2 is 0.933 bits per heavy atom. The largest absolute Gasteiger partial charge is 0.394 e. The van der Waals surface area contributed by atoms with Crippen molar-refractivity contribution in [2.75, 3.05) is 6.61 Å². The van der Waals surface area contributed by atoms with Gasteiger partial charge in [-0.25, -0.2) is 0 Å². The van der Waals surface area contributed by atoms with E-state index in [1.807, 2.05) is 0 Å². The molecule has 1 saturated heterocycles. The van der Waals surface area contributed by atoms with Crippen LogP contribution in [0.3, 0.4) is 0 Å². The summed E-state index contributed by atoms with van der Waals surface area (Å²) in [5.74, 6) is 58.8. The number of ether oxygens (including phenoxy) is 1. The molecule has 9 heteroatoms. The Morgan fingerprint density at radius 1 is 0.550 bits per heavy atom. The maximum absolute atomic E-state index is 12.7. The van der Waals surface area contributed by atoms with E-state index in [-0.39, 0.29) is 47.1 Å². The van der Waals surface area contributed by atoms with E-state index in [0.717, 1.165) is 19.3 Å². The van der Waals surface area contributed by atoms with Crippen molar-refractivity contribution >= 4 is 5.91 Å². The molecule has 0 aromatic rings. The quantitative estimate of drug-likeness (QED) is 0.0482. The second-order valence-corrected chi connectivity index (χ2v) is 13.4. The lowest BCUT2D eigenvalue weighted by molar-refractivity contribution is -0.231. The molecule has 2 unspecified atom stereocenters. The predicted octanol–water partition coefficient (Wildman–Crippen LogP) is 7.87. The Balaban J connectivity index is -0.0000000682. The Morgan fingerprint density at radius 3 is 1.35 bits per heavy atom. The summed E-state index contributed by atoms with van der Waals surface area (Å²) in [5, 5.41) is 64.9. The number of aliphatic hydroxyl groups is 6. The summed E-state index contributed by atoms with van der Waals surface area (Å²) in [6, 6.07) is -1.01. The Labute approximate surface area is 393 Å². The van der Waals surface area contributed by atoms with Gasteiger partial charge in [0.2, 0.25) is 0 Å². The zero-order valence-corrected chi connectivity index (χ0v) is 34.4. The fraction of sp³-hybridized carbons (Fsp3) is 0.510. The van der Waals surface area contributed by atoms with Crippen molar-refractivity contribution < 1.29 is 74.4 Å². The molecule has 0 aromatic heterocycles. The molecule has 8 atom stereocenters. The molecule has 1 aliphatic heterocycles. The molecular weight excluding hydrogens is 755 g/mol. The van der Waals surface area contributed by atoms with Gasteiger partial charge in [-0.1, -0.05) is 89.9 Å². The van der Waals surface area contributed by atoms with Crippen LogP contribution in [-0.4, -0.2) is 91.9 Å². The smallest absolute Gasteiger partial charge is 0.297 e. The average molecular weight is 856 g/mol. The van der Waals surface area contributed by atoms with Crippen LogP contribution >= 0.6 is 0 Å². The van der Waals surface area contributed by atoms with E-state index in [9.17, 15) is 35.4 Å². The zero-order valence-electron chi connectivity index (χ0n) is 34.4. The minimum atomic E-state index is -1.56. The second kappa shape index (κ2) is 36.0. The normalized spacial score (nSPS) is 17.8. The Hall–Kier alpha value is -6.09. The minimum absolute atomic E-state index is 0. The lowest BCUT2D eigenvalue weighted by Crippen LogP contribution is -2.59. The van der Waals surface area contributed by atoms with E-state index >= 15 is 0 Å². The lowest BCUT2D eigenvalue weighted by atomic mass is 9.90. The van der Waals surface area contributed by atoms with Crippen LogP contribution in [0.25, 0.3) is 0 Å². The number of hydrogen-bond acceptors (Lipinski definition) is 8. The van der Waals surface area contributed by atoms with Gasteiger partial charge in [-0.3, -0.25) is 4.79 Å². The zero-order chi connectivity index (χ0) is 43.9. The number of carbonyl (C=O) groups is 1. The molecule has 0 radical (unpaired) electrons. The molecule has 1 fully saturated rings. The molecule has 1 rings (SSSR count). The van der Waals surface area contributed by atoms with Crippen LogP contribution in [0, 0.1) is 142 Å². The molecule has 9 nitrogen and oxygen atoms in total. The maximum Gasteiger partial charge on any atom is 0.297 e. The number of nitrogens with one attached hydrogen (secondary N) is 1. The molecule has 7 N–H and O–H groups in total. The number of amides is 1. The van der Waals surface area contributed by atoms with E-state index in [0.29, 0.717) is 12.8 Å². The van der Waals surface area contributed by atoms with Gasteiger partial charge in [0.1, 0.15) is 30.5 Å². The second-order valence-electron chi connectivity index (χ2n) is 13.4. The molecule has 0 aliphatic carbocycles. The number of carbonyl (C=O) groups excluding carboxylic acids is 1. The first kappa shape index (κ1) is 51.9. The standard InChI is InChI=1S/C51H53NO8.24H2/c1-3-5-7-9-11-13-15-17-18-19-20-21-22-23-24-25-26-27-29-31-33-35-37-39-47(55)52-43(40-41-45-49(57)51(59)50(58)46(42-53)60-45)48(56)44(54)38-36-34-32-30-28-16-14-12-10-8-6-4-2;;;;;;;;;;;;;;;;;;;;;;;;/h43-46,48-51,53-54,56-59H,4,6,8,10,12,14,16,28,30,32,34,36,38,40-42H2,1-2H3,(H,52,55);24*1H/t43-,44+,45+,46?,48-,49?,50-,51+;;;;;;;;;;;;;;;;;;;;;;;;/m0......................../s1. The predicted molar refractivity (Wildman–Crippen MR) is 282 cm³/mol. The molecule has 0 aromatic carbocycles. The molecule has 1 aliphatic rings. The van der Waals surface area contributed by atoms with Crippen molar-refractivity contribution in [3.8, 4) is 142 Å². The molecule has 0 bridgehead atoms. The summed E-state index contributed by atoms with van der Waals surface area (Å²) in [6.07, 6.45) is 5.01. The molecular formula is C51H101NO8.